The number of carbonyl (C=O) groups is 3. The van der Waals surface area contributed by atoms with Crippen LogP contribution in [0.4, 0.5) is 18.9 Å². The van der Waals surface area contributed by atoms with Crippen molar-refractivity contribution in [2.45, 2.75) is 45.5 Å². The van der Waals surface area contributed by atoms with Crippen LogP contribution in [0.15, 0.2) is 48.8 Å². The van der Waals surface area contributed by atoms with Gasteiger partial charge in [0.2, 0.25) is 5.91 Å². The summed E-state index contributed by atoms with van der Waals surface area (Å²) in [5.74, 6) is -3.12. The Morgan fingerprint density at radius 1 is 1.11 bits per heavy atom. The first-order valence-corrected chi connectivity index (χ1v) is 11.8. The number of aliphatic carboxylic acids is 1. The fourth-order valence-corrected chi connectivity index (χ4v) is 4.00. The Balaban J connectivity index is 0.000000604. The minimum absolute atomic E-state index is 0.0319. The maximum Gasteiger partial charge on any atom is 0.490 e. The molecule has 3 rings (SSSR count). The lowest BCUT2D eigenvalue weighted by Crippen LogP contribution is -2.63. The van der Waals surface area contributed by atoms with Gasteiger partial charge in [-0.2, -0.15) is 13.2 Å². The zero-order valence-electron chi connectivity index (χ0n) is 20.9. The number of amides is 2. The summed E-state index contributed by atoms with van der Waals surface area (Å²) in [5.41, 5.74) is 1.28. The van der Waals surface area contributed by atoms with Crippen molar-refractivity contribution in [3.05, 3.63) is 59.4 Å². The van der Waals surface area contributed by atoms with Crippen LogP contribution in [0.3, 0.4) is 0 Å². The Labute approximate surface area is 218 Å². The van der Waals surface area contributed by atoms with E-state index in [1.807, 2.05) is 43.0 Å². The summed E-state index contributed by atoms with van der Waals surface area (Å²) < 4.78 is 31.7. The van der Waals surface area contributed by atoms with E-state index in [0.717, 1.165) is 5.69 Å². The highest BCUT2D eigenvalue weighted by Crippen LogP contribution is 2.29. The number of hydrogen-bond acceptors (Lipinski definition) is 5. The van der Waals surface area contributed by atoms with E-state index in [-0.39, 0.29) is 23.3 Å². The summed E-state index contributed by atoms with van der Waals surface area (Å²) in [4.78, 5) is 43.0. The molecule has 202 valence electrons. The van der Waals surface area contributed by atoms with E-state index in [1.54, 1.807) is 18.3 Å². The predicted octanol–water partition coefficient (Wildman–Crippen LogP) is 4.25. The number of benzene rings is 1. The number of aromatic nitrogens is 1. The smallest absolute Gasteiger partial charge is 0.475 e. The van der Waals surface area contributed by atoms with Crippen LogP contribution in [0.1, 0.15) is 38.1 Å². The molecule has 1 aromatic carbocycles. The molecule has 1 saturated heterocycles. The second kappa shape index (κ2) is 12.3. The third-order valence-electron chi connectivity index (χ3n) is 5.74. The van der Waals surface area contributed by atoms with Gasteiger partial charge in [0.05, 0.1) is 11.1 Å². The van der Waals surface area contributed by atoms with E-state index in [4.69, 9.17) is 21.5 Å². The number of nitrogens with zero attached hydrogens (tertiary/aromatic N) is 3. The van der Waals surface area contributed by atoms with Gasteiger partial charge in [-0.25, -0.2) is 4.79 Å². The largest absolute Gasteiger partial charge is 0.490 e. The van der Waals surface area contributed by atoms with Crippen LogP contribution in [-0.2, 0) is 9.59 Å². The highest BCUT2D eigenvalue weighted by Gasteiger charge is 2.39. The first kappa shape index (κ1) is 29.9. The number of carboxylic acid groups (broad SMARTS) is 1. The number of pyridine rings is 1. The summed E-state index contributed by atoms with van der Waals surface area (Å²) in [7, 11) is 0. The topological polar surface area (TPSA) is 103 Å². The van der Waals surface area contributed by atoms with Gasteiger partial charge in [0.15, 0.2) is 0 Å². The van der Waals surface area contributed by atoms with E-state index < -0.39 is 18.2 Å². The molecule has 37 heavy (non-hydrogen) atoms. The fourth-order valence-electron chi connectivity index (χ4n) is 3.87. The van der Waals surface area contributed by atoms with Crippen molar-refractivity contribution in [3.8, 4) is 0 Å². The van der Waals surface area contributed by atoms with Gasteiger partial charge in [-0.1, -0.05) is 25.4 Å². The van der Waals surface area contributed by atoms with Crippen molar-refractivity contribution >= 4 is 35.1 Å². The van der Waals surface area contributed by atoms with Gasteiger partial charge in [0, 0.05) is 42.7 Å². The van der Waals surface area contributed by atoms with Gasteiger partial charge in [0.1, 0.15) is 6.04 Å². The van der Waals surface area contributed by atoms with Gasteiger partial charge < -0.3 is 20.2 Å². The number of halogens is 4. The molecule has 1 aromatic heterocycles. The molecular formula is C25H30ClF3N4O4. The van der Waals surface area contributed by atoms with Crippen molar-refractivity contribution < 1.29 is 32.7 Å². The summed E-state index contributed by atoms with van der Waals surface area (Å²) in [5, 5.41) is 10.7. The molecule has 1 aliphatic rings. The average molecular weight is 543 g/mol. The number of alkyl halides is 3. The van der Waals surface area contributed by atoms with E-state index in [2.05, 4.69) is 29.0 Å². The highest BCUT2D eigenvalue weighted by molar-refractivity contribution is 6.30. The maximum atomic E-state index is 13.3. The summed E-state index contributed by atoms with van der Waals surface area (Å²) in [6, 6.07) is 10.6. The van der Waals surface area contributed by atoms with Gasteiger partial charge in [-0.15, -0.1) is 0 Å². The minimum atomic E-state index is -5.08. The number of piperazine rings is 1. The molecule has 12 heteroatoms. The lowest BCUT2D eigenvalue weighted by atomic mass is 9.95. The molecule has 1 fully saturated rings. The standard InChI is InChI=1S/C23H29ClN4O2.C2HF3O2/c1-16(2)20(26-21(29)17-6-5-11-25-14-17)22(30)27-12-13-28(23(3,4)15-27)19-9-7-18(24)8-10-19;3-2(4,5)1(6)7/h5-11,14,16,20H,12-13,15H2,1-4H3,(H,26,29);(H,6,7)/t20-;/m1./s1. The molecule has 0 aliphatic carbocycles. The molecular weight excluding hydrogens is 513 g/mol. The Morgan fingerprint density at radius 2 is 1.70 bits per heavy atom. The molecule has 1 atom stereocenters. The van der Waals surface area contributed by atoms with Gasteiger partial charge in [-0.05, 0) is 56.2 Å². The normalized spacial score (nSPS) is 15.9. The van der Waals surface area contributed by atoms with Crippen molar-refractivity contribution in [1.29, 1.82) is 0 Å². The number of carboxylic acids is 1. The second-order valence-electron chi connectivity index (χ2n) is 9.44. The van der Waals surface area contributed by atoms with Crippen LogP contribution in [0.2, 0.25) is 5.02 Å². The first-order chi connectivity index (χ1) is 17.1. The Morgan fingerprint density at radius 3 is 2.16 bits per heavy atom. The number of rotatable bonds is 5. The molecule has 0 bridgehead atoms. The van der Waals surface area contributed by atoms with E-state index in [1.165, 1.54) is 6.20 Å². The predicted molar refractivity (Wildman–Crippen MR) is 133 cm³/mol. The highest BCUT2D eigenvalue weighted by atomic mass is 35.5. The number of anilines is 1. The van der Waals surface area contributed by atoms with Crippen LogP contribution < -0.4 is 10.2 Å². The lowest BCUT2D eigenvalue weighted by Gasteiger charge is -2.49. The molecule has 2 N–H and O–H groups in total. The van der Waals surface area contributed by atoms with Crippen LogP contribution in [-0.4, -0.2) is 70.2 Å². The molecule has 8 nitrogen and oxygen atoms in total. The molecule has 2 aromatic rings. The molecule has 0 radical (unpaired) electrons. The van der Waals surface area contributed by atoms with Crippen LogP contribution in [0.5, 0.6) is 0 Å². The first-order valence-electron chi connectivity index (χ1n) is 11.5. The van der Waals surface area contributed by atoms with E-state index >= 15 is 0 Å². The van der Waals surface area contributed by atoms with Crippen LogP contribution >= 0.6 is 11.6 Å². The number of carbonyl (C=O) groups excluding carboxylic acids is 2. The summed E-state index contributed by atoms with van der Waals surface area (Å²) in [6.45, 7) is 10.0. The molecule has 2 amide bonds. The Bertz CT molecular complexity index is 1080. The van der Waals surface area contributed by atoms with Gasteiger partial charge >= 0.3 is 12.1 Å². The Hall–Kier alpha value is -3.34. The third kappa shape index (κ3) is 8.34. The van der Waals surface area contributed by atoms with Crippen molar-refractivity contribution in [2.24, 2.45) is 5.92 Å². The van der Waals surface area contributed by atoms with Crippen LogP contribution in [0.25, 0.3) is 0 Å². The second-order valence-corrected chi connectivity index (χ2v) is 9.88. The van der Waals surface area contributed by atoms with E-state index in [0.29, 0.717) is 30.2 Å². The van der Waals surface area contributed by atoms with Gasteiger partial charge in [-0.3, -0.25) is 14.6 Å². The quantitative estimate of drug-likeness (QED) is 0.585. The van der Waals surface area contributed by atoms with Gasteiger partial charge in [0.25, 0.3) is 5.91 Å². The fraction of sp³-hybridized carbons (Fsp3) is 0.440. The molecule has 2 heterocycles. The van der Waals surface area contributed by atoms with Crippen molar-refractivity contribution in [2.75, 3.05) is 24.5 Å². The van der Waals surface area contributed by atoms with Crippen molar-refractivity contribution in [3.63, 3.8) is 0 Å². The minimum Gasteiger partial charge on any atom is -0.475 e. The summed E-state index contributed by atoms with van der Waals surface area (Å²) in [6.07, 6.45) is -1.96. The van der Waals surface area contributed by atoms with E-state index in [9.17, 15) is 22.8 Å². The Kier molecular flexibility index (Phi) is 9.91. The zero-order valence-corrected chi connectivity index (χ0v) is 21.7. The SMILES string of the molecule is CC(C)[C@@H](NC(=O)c1cccnc1)C(=O)N1CCN(c2ccc(Cl)cc2)C(C)(C)C1.O=C(O)C(F)(F)F. The lowest BCUT2D eigenvalue weighted by molar-refractivity contribution is -0.192. The molecule has 0 unspecified atom stereocenters. The molecule has 0 saturated carbocycles. The third-order valence-corrected chi connectivity index (χ3v) is 5.99. The molecule has 0 spiro atoms. The zero-order chi connectivity index (χ0) is 28.0. The molecule has 1 aliphatic heterocycles. The van der Waals surface area contributed by atoms with Crippen molar-refractivity contribution in [1.82, 2.24) is 15.2 Å². The van der Waals surface area contributed by atoms with Crippen LogP contribution in [0, 0.1) is 5.92 Å². The summed E-state index contributed by atoms with van der Waals surface area (Å²) >= 11 is 6.03. The number of hydrogen-bond donors (Lipinski definition) is 2. The number of nitrogens with one attached hydrogen (secondary N) is 1. The average Bonchev–Trinajstić information content (AvgIpc) is 2.82. The monoisotopic (exact) mass is 542 g/mol. The maximum absolute atomic E-state index is 13.3.